The Kier molecular flexibility index (Phi) is 5.60. The molecule has 31 heavy (non-hydrogen) atoms. The summed E-state index contributed by atoms with van der Waals surface area (Å²) in [7, 11) is -3.75. The molecule has 3 fully saturated rings. The Bertz CT molecular complexity index is 1140. The van der Waals surface area contributed by atoms with E-state index in [1.807, 2.05) is 0 Å². The molecule has 3 aliphatic rings. The van der Waals surface area contributed by atoms with Gasteiger partial charge in [0.2, 0.25) is 15.9 Å². The first-order chi connectivity index (χ1) is 14.5. The van der Waals surface area contributed by atoms with E-state index >= 15 is 8.78 Å². The predicted molar refractivity (Wildman–Crippen MR) is 115 cm³/mol. The molecule has 1 amide bonds. The molecule has 2 bridgehead atoms. The molecule has 1 N–H and O–H groups in total. The number of benzene rings is 2. The fourth-order valence-corrected chi connectivity index (χ4v) is 5.93. The number of alkyl halides is 1. The smallest absolute Gasteiger partial charge is 0.220 e. The standard InChI is InChI=1S/C22H23ClF2N2O3S/c1-13(28)27-17-11-22(25,12-17)21(26-31(2,29)30)19(27)10-15-6-4-8-18(20(15)24)14-5-3-7-16(23)9-14/h3-9,17,19,21,26H,10-12H2,1-2H3/t17?,19-,21+,22?/m0/s1. The van der Waals surface area contributed by atoms with Crippen LogP contribution in [0.25, 0.3) is 11.1 Å². The van der Waals surface area contributed by atoms with Crippen LogP contribution in [-0.2, 0) is 21.2 Å². The van der Waals surface area contributed by atoms with E-state index in [0.717, 1.165) is 6.26 Å². The molecule has 1 aliphatic carbocycles. The lowest BCUT2D eigenvalue weighted by Crippen LogP contribution is -2.76. The molecule has 2 aromatic rings. The van der Waals surface area contributed by atoms with Gasteiger partial charge in [-0.25, -0.2) is 21.9 Å². The third-order valence-electron chi connectivity index (χ3n) is 6.19. The Labute approximate surface area is 185 Å². The third-order valence-corrected chi connectivity index (χ3v) is 7.11. The molecule has 5 rings (SSSR count). The van der Waals surface area contributed by atoms with E-state index in [9.17, 15) is 13.2 Å². The lowest BCUT2D eigenvalue weighted by molar-refractivity contribution is -0.165. The van der Waals surface area contributed by atoms with E-state index in [1.165, 1.54) is 11.8 Å². The molecule has 5 nitrogen and oxygen atoms in total. The summed E-state index contributed by atoms with van der Waals surface area (Å²) in [5.41, 5.74) is -0.558. The number of sulfonamides is 1. The number of nitrogens with zero attached hydrogens (tertiary/aromatic N) is 1. The zero-order valence-electron chi connectivity index (χ0n) is 17.1. The minimum atomic E-state index is -3.75. The van der Waals surface area contributed by atoms with Crippen molar-refractivity contribution in [2.75, 3.05) is 6.26 Å². The lowest BCUT2D eigenvalue weighted by Gasteiger charge is -2.60. The molecule has 0 radical (unpaired) electrons. The molecule has 1 saturated carbocycles. The first-order valence-corrected chi connectivity index (χ1v) is 12.2. The maximum absolute atomic E-state index is 15.5. The van der Waals surface area contributed by atoms with Crippen LogP contribution in [0.3, 0.4) is 0 Å². The maximum Gasteiger partial charge on any atom is 0.220 e. The van der Waals surface area contributed by atoms with Crippen molar-refractivity contribution >= 4 is 27.5 Å². The minimum absolute atomic E-state index is 0.0187. The van der Waals surface area contributed by atoms with E-state index in [-0.39, 0.29) is 36.8 Å². The number of piperidine rings is 2. The van der Waals surface area contributed by atoms with Crippen LogP contribution in [0.1, 0.15) is 25.3 Å². The van der Waals surface area contributed by atoms with Crippen molar-refractivity contribution in [3.8, 4) is 11.1 Å². The van der Waals surface area contributed by atoms with Gasteiger partial charge in [-0.05, 0) is 29.7 Å². The monoisotopic (exact) mass is 468 g/mol. The Balaban J connectivity index is 1.73. The molecule has 2 atom stereocenters. The van der Waals surface area contributed by atoms with Crippen molar-refractivity contribution in [2.45, 2.75) is 50.0 Å². The van der Waals surface area contributed by atoms with E-state index in [0.29, 0.717) is 16.1 Å². The summed E-state index contributed by atoms with van der Waals surface area (Å²) < 4.78 is 57.2. The van der Waals surface area contributed by atoms with Crippen molar-refractivity contribution in [3.05, 3.63) is 58.9 Å². The van der Waals surface area contributed by atoms with E-state index < -0.39 is 33.6 Å². The highest BCUT2D eigenvalue weighted by Gasteiger charge is 2.62. The van der Waals surface area contributed by atoms with E-state index in [1.54, 1.807) is 42.5 Å². The van der Waals surface area contributed by atoms with Crippen LogP contribution in [0.4, 0.5) is 8.78 Å². The second kappa shape index (κ2) is 7.83. The van der Waals surface area contributed by atoms with Gasteiger partial charge in [0.05, 0.1) is 18.3 Å². The maximum atomic E-state index is 15.5. The SMILES string of the molecule is CC(=O)N1C2CC(F)(C2)[C@H](NS(C)(=O)=O)[C@@H]1Cc1cccc(-c2cccc(Cl)c2)c1F. The van der Waals surface area contributed by atoms with Crippen molar-refractivity contribution in [2.24, 2.45) is 0 Å². The molecule has 2 aromatic carbocycles. The third kappa shape index (κ3) is 4.21. The average Bonchev–Trinajstić information content (AvgIpc) is 2.63. The molecule has 2 heterocycles. The molecule has 9 heteroatoms. The van der Waals surface area contributed by atoms with Gasteiger partial charge in [-0.1, -0.05) is 41.9 Å². The number of hydrogen-bond acceptors (Lipinski definition) is 3. The summed E-state index contributed by atoms with van der Waals surface area (Å²) in [4.78, 5) is 13.9. The topological polar surface area (TPSA) is 66.5 Å². The fourth-order valence-electron chi connectivity index (χ4n) is 4.91. The second-order valence-electron chi connectivity index (χ2n) is 8.45. The summed E-state index contributed by atoms with van der Waals surface area (Å²) in [6, 6.07) is 9.36. The van der Waals surface area contributed by atoms with Gasteiger partial charge in [0, 0.05) is 36.4 Å². The second-order valence-corrected chi connectivity index (χ2v) is 10.7. The van der Waals surface area contributed by atoms with Crippen LogP contribution in [0.15, 0.2) is 42.5 Å². The quantitative estimate of drug-likeness (QED) is 0.727. The van der Waals surface area contributed by atoms with Crippen LogP contribution < -0.4 is 4.72 Å². The highest BCUT2D eigenvalue weighted by Crippen LogP contribution is 2.50. The minimum Gasteiger partial charge on any atom is -0.335 e. The number of carbonyl (C=O) groups excluding carboxylic acids is 1. The molecule has 166 valence electrons. The summed E-state index contributed by atoms with van der Waals surface area (Å²) >= 11 is 6.04. The van der Waals surface area contributed by atoms with Gasteiger partial charge in [-0.3, -0.25) is 4.79 Å². The number of amides is 1. The molecule has 2 saturated heterocycles. The summed E-state index contributed by atoms with van der Waals surface area (Å²) in [6.45, 7) is 1.37. The lowest BCUT2D eigenvalue weighted by atomic mass is 9.64. The Morgan fingerprint density at radius 1 is 1.26 bits per heavy atom. The number of fused-ring (bicyclic) bond motifs is 2. The molecule has 2 aliphatic heterocycles. The van der Waals surface area contributed by atoms with Gasteiger partial charge in [0.1, 0.15) is 11.5 Å². The summed E-state index contributed by atoms with van der Waals surface area (Å²) in [5, 5.41) is 0.467. The van der Waals surface area contributed by atoms with Crippen molar-refractivity contribution in [3.63, 3.8) is 0 Å². The Morgan fingerprint density at radius 2 is 1.94 bits per heavy atom. The zero-order valence-corrected chi connectivity index (χ0v) is 18.7. The average molecular weight is 469 g/mol. The number of hydrogen-bond donors (Lipinski definition) is 1. The van der Waals surface area contributed by atoms with Gasteiger partial charge < -0.3 is 4.90 Å². The Morgan fingerprint density at radius 3 is 2.55 bits per heavy atom. The molecule has 0 aromatic heterocycles. The molecule has 0 unspecified atom stereocenters. The van der Waals surface area contributed by atoms with Crippen LogP contribution in [0.2, 0.25) is 5.02 Å². The van der Waals surface area contributed by atoms with Gasteiger partial charge in [-0.2, -0.15) is 0 Å². The van der Waals surface area contributed by atoms with Crippen molar-refractivity contribution < 1.29 is 22.0 Å². The fraction of sp³-hybridized carbons (Fsp3) is 0.409. The summed E-state index contributed by atoms with van der Waals surface area (Å²) in [5.74, 6) is -0.790. The number of halogens is 3. The van der Waals surface area contributed by atoms with Crippen LogP contribution in [0, 0.1) is 5.82 Å². The van der Waals surface area contributed by atoms with Crippen LogP contribution in [0.5, 0.6) is 0 Å². The van der Waals surface area contributed by atoms with Gasteiger partial charge >= 0.3 is 0 Å². The Hall–Kier alpha value is -2.03. The van der Waals surface area contributed by atoms with Crippen molar-refractivity contribution in [1.82, 2.24) is 9.62 Å². The molecular formula is C22H23ClF2N2O3S. The summed E-state index contributed by atoms with van der Waals surface area (Å²) in [6.07, 6.45) is 1.08. The number of carbonyl (C=O) groups is 1. The molecular weight excluding hydrogens is 446 g/mol. The van der Waals surface area contributed by atoms with Crippen LogP contribution >= 0.6 is 11.6 Å². The number of rotatable bonds is 5. The van der Waals surface area contributed by atoms with Gasteiger partial charge in [0.25, 0.3) is 0 Å². The normalized spacial score (nSPS) is 27.6. The zero-order chi connectivity index (χ0) is 22.6. The van der Waals surface area contributed by atoms with E-state index in [2.05, 4.69) is 4.72 Å². The first-order valence-electron chi connectivity index (χ1n) is 9.97. The van der Waals surface area contributed by atoms with Gasteiger partial charge in [0.15, 0.2) is 0 Å². The van der Waals surface area contributed by atoms with Crippen LogP contribution in [-0.4, -0.2) is 49.3 Å². The largest absolute Gasteiger partial charge is 0.335 e. The predicted octanol–water partition coefficient (Wildman–Crippen LogP) is 3.71. The van der Waals surface area contributed by atoms with E-state index in [4.69, 9.17) is 11.6 Å². The van der Waals surface area contributed by atoms with Gasteiger partial charge in [-0.15, -0.1) is 0 Å². The molecule has 0 spiro atoms. The first kappa shape index (κ1) is 22.2. The highest BCUT2D eigenvalue weighted by molar-refractivity contribution is 7.88. The number of nitrogens with one attached hydrogen (secondary N) is 1. The van der Waals surface area contributed by atoms with Crippen molar-refractivity contribution in [1.29, 1.82) is 0 Å². The highest BCUT2D eigenvalue weighted by atomic mass is 35.5.